The predicted octanol–water partition coefficient (Wildman–Crippen LogP) is 6.05. The first-order chi connectivity index (χ1) is 16.6. The first kappa shape index (κ1) is 25.4. The maximum atomic E-state index is 12.4. The Balaban J connectivity index is 0.00000342. The molecule has 35 heavy (non-hydrogen) atoms. The molecular formula is C29H30N2O4. The zero-order chi connectivity index (χ0) is 23.8. The summed E-state index contributed by atoms with van der Waals surface area (Å²) < 4.78 is 11.7. The molecule has 180 valence electrons. The van der Waals surface area contributed by atoms with Crippen LogP contribution in [0.25, 0.3) is 11.5 Å². The van der Waals surface area contributed by atoms with Crippen molar-refractivity contribution in [2.45, 2.75) is 33.6 Å². The molecule has 1 amide bonds. The van der Waals surface area contributed by atoms with Crippen LogP contribution < -0.4 is 10.1 Å². The molecule has 6 nitrogen and oxygen atoms in total. The maximum absolute atomic E-state index is 12.4. The number of aromatic nitrogens is 1. The first-order valence-electron chi connectivity index (χ1n) is 11.2. The topological polar surface area (TPSA) is 81.4 Å². The molecule has 0 aliphatic heterocycles. The molecular weight excluding hydrogens is 440 g/mol. The molecule has 1 heterocycles. The van der Waals surface area contributed by atoms with Crippen molar-refractivity contribution in [2.24, 2.45) is 0 Å². The molecule has 3 aromatic carbocycles. The molecule has 0 bridgehead atoms. The summed E-state index contributed by atoms with van der Waals surface area (Å²) >= 11 is 0. The molecule has 0 saturated heterocycles. The number of hydrogen-bond donors (Lipinski definition) is 1. The van der Waals surface area contributed by atoms with E-state index in [0.29, 0.717) is 30.4 Å². The van der Waals surface area contributed by atoms with Crippen LogP contribution in [0.3, 0.4) is 0 Å². The van der Waals surface area contributed by atoms with E-state index in [1.807, 2.05) is 79.7 Å². The molecule has 1 N–H and O–H groups in total. The normalized spacial score (nSPS) is 10.3. The smallest absolute Gasteiger partial charge is 0.231 e. The summed E-state index contributed by atoms with van der Waals surface area (Å²) in [4.78, 5) is 29.1. The highest BCUT2D eigenvalue weighted by Crippen LogP contribution is 2.22. The number of Topliss-reactive ketones (excluding diaryl/α,β-unsaturated/α-hetero) is 1. The van der Waals surface area contributed by atoms with Crippen LogP contribution in [-0.4, -0.2) is 23.3 Å². The molecule has 0 atom stereocenters. The van der Waals surface area contributed by atoms with Crippen molar-refractivity contribution in [1.29, 1.82) is 0 Å². The minimum Gasteiger partial charge on any atom is -0.493 e. The van der Waals surface area contributed by atoms with Crippen molar-refractivity contribution in [2.75, 3.05) is 11.9 Å². The summed E-state index contributed by atoms with van der Waals surface area (Å²) in [7, 11) is 0. The van der Waals surface area contributed by atoms with E-state index in [1.165, 1.54) is 0 Å². The summed E-state index contributed by atoms with van der Waals surface area (Å²) in [5.41, 5.74) is 3.27. The molecule has 4 aromatic rings. The zero-order valence-corrected chi connectivity index (χ0v) is 19.0. The maximum Gasteiger partial charge on any atom is 0.231 e. The van der Waals surface area contributed by atoms with Crippen LogP contribution in [0.4, 0.5) is 5.69 Å². The molecule has 0 aliphatic rings. The van der Waals surface area contributed by atoms with Gasteiger partial charge < -0.3 is 14.5 Å². The molecule has 0 aliphatic carbocycles. The highest BCUT2D eigenvalue weighted by molar-refractivity contribution is 6.04. The van der Waals surface area contributed by atoms with Gasteiger partial charge in [-0.25, -0.2) is 4.98 Å². The van der Waals surface area contributed by atoms with E-state index >= 15 is 0 Å². The Kier molecular flexibility index (Phi) is 8.95. The van der Waals surface area contributed by atoms with Gasteiger partial charge in [0.15, 0.2) is 0 Å². The molecule has 1 aromatic heterocycles. The largest absolute Gasteiger partial charge is 0.493 e. The number of carbonyl (C=O) groups excluding carboxylic acids is 2. The van der Waals surface area contributed by atoms with E-state index in [9.17, 15) is 9.59 Å². The Labute approximate surface area is 206 Å². The molecule has 4 rings (SSSR count). The summed E-state index contributed by atoms with van der Waals surface area (Å²) in [6.07, 6.45) is 0.600. The summed E-state index contributed by atoms with van der Waals surface area (Å²) in [5.74, 6) is 1.57. The van der Waals surface area contributed by atoms with Crippen molar-refractivity contribution < 1.29 is 18.7 Å². The molecule has 0 radical (unpaired) electrons. The number of benzene rings is 3. The van der Waals surface area contributed by atoms with E-state index in [1.54, 1.807) is 12.1 Å². The number of aryl methyl sites for hydroxylation is 1. The van der Waals surface area contributed by atoms with Crippen LogP contribution in [0.5, 0.6) is 5.75 Å². The molecule has 0 unspecified atom stereocenters. The van der Waals surface area contributed by atoms with Gasteiger partial charge in [0.1, 0.15) is 17.3 Å². The third-order valence-electron chi connectivity index (χ3n) is 5.24. The quantitative estimate of drug-likeness (QED) is 0.285. The average Bonchev–Trinajstić information content (AvgIpc) is 3.21. The predicted molar refractivity (Wildman–Crippen MR) is 137 cm³/mol. The van der Waals surface area contributed by atoms with Gasteiger partial charge in [0.25, 0.3) is 0 Å². The van der Waals surface area contributed by atoms with Crippen LogP contribution in [-0.2, 0) is 22.4 Å². The lowest BCUT2D eigenvalue weighted by atomic mass is 10.1. The highest BCUT2D eigenvalue weighted by atomic mass is 16.5. The molecule has 0 fully saturated rings. The monoisotopic (exact) mass is 470 g/mol. The lowest BCUT2D eigenvalue weighted by molar-refractivity contribution is -0.125. The summed E-state index contributed by atoms with van der Waals surface area (Å²) in [6.45, 7) is 2.33. The number of nitrogens with zero attached hydrogens (tertiary/aromatic N) is 1. The molecule has 0 saturated carbocycles. The Morgan fingerprint density at radius 3 is 2.40 bits per heavy atom. The van der Waals surface area contributed by atoms with Crippen molar-refractivity contribution >= 4 is 17.4 Å². The van der Waals surface area contributed by atoms with E-state index < -0.39 is 0 Å². The fourth-order valence-corrected chi connectivity index (χ4v) is 3.57. The third-order valence-corrected chi connectivity index (χ3v) is 5.24. The fourth-order valence-electron chi connectivity index (χ4n) is 3.57. The van der Waals surface area contributed by atoms with Gasteiger partial charge in [0.05, 0.1) is 18.7 Å². The van der Waals surface area contributed by atoms with Crippen LogP contribution >= 0.6 is 0 Å². The van der Waals surface area contributed by atoms with Gasteiger partial charge >= 0.3 is 0 Å². The fraction of sp³-hybridized carbons (Fsp3) is 0.207. The number of hydrogen-bond acceptors (Lipinski definition) is 5. The van der Waals surface area contributed by atoms with Crippen molar-refractivity contribution in [3.63, 3.8) is 0 Å². The Morgan fingerprint density at radius 1 is 0.943 bits per heavy atom. The van der Waals surface area contributed by atoms with E-state index in [2.05, 4.69) is 10.3 Å². The van der Waals surface area contributed by atoms with Gasteiger partial charge in [-0.2, -0.15) is 0 Å². The van der Waals surface area contributed by atoms with Crippen LogP contribution in [0.15, 0.2) is 89.3 Å². The number of carbonyl (C=O) groups is 2. The lowest BCUT2D eigenvalue weighted by Gasteiger charge is -2.08. The zero-order valence-electron chi connectivity index (χ0n) is 19.0. The van der Waals surface area contributed by atoms with E-state index in [-0.39, 0.29) is 32.0 Å². The minimum atomic E-state index is -0.318. The van der Waals surface area contributed by atoms with Gasteiger partial charge in [0.2, 0.25) is 11.8 Å². The number of para-hydroxylation sites is 1. The second kappa shape index (κ2) is 12.3. The minimum absolute atomic E-state index is 0. The van der Waals surface area contributed by atoms with Crippen molar-refractivity contribution in [1.82, 2.24) is 4.98 Å². The standard InChI is InChI=1S/C28H26N2O4.CH4/c1-20-26(30-28(34-20)22-10-4-2-5-11-22)15-16-33-25-14-8-9-21(18-25)17-24(31)19-27(32)29-23-12-6-3-7-13-23;/h2-14,18H,15-17,19H2,1H3,(H,29,32);1H4. The number of anilines is 1. The SMILES string of the molecule is C.Cc1oc(-c2ccccc2)nc1CCOc1cccc(CC(=O)CC(=O)Nc2ccccc2)c1. The van der Waals surface area contributed by atoms with Crippen LogP contribution in [0, 0.1) is 6.92 Å². The van der Waals surface area contributed by atoms with Gasteiger partial charge in [-0.15, -0.1) is 0 Å². The van der Waals surface area contributed by atoms with Crippen molar-refractivity contribution in [3.05, 3.63) is 102 Å². The van der Waals surface area contributed by atoms with E-state index in [4.69, 9.17) is 9.15 Å². The van der Waals surface area contributed by atoms with Crippen LogP contribution in [0.1, 0.15) is 30.9 Å². The number of ether oxygens (including phenoxy) is 1. The number of nitrogens with one attached hydrogen (secondary N) is 1. The van der Waals surface area contributed by atoms with Crippen molar-refractivity contribution in [3.8, 4) is 17.2 Å². The Bertz CT molecular complexity index is 1250. The third kappa shape index (κ3) is 7.40. The number of ketones is 1. The van der Waals surface area contributed by atoms with Gasteiger partial charge in [0, 0.05) is 24.1 Å². The lowest BCUT2D eigenvalue weighted by Crippen LogP contribution is -2.17. The average molecular weight is 471 g/mol. The second-order valence-electron chi connectivity index (χ2n) is 7.94. The highest BCUT2D eigenvalue weighted by Gasteiger charge is 2.13. The Morgan fingerprint density at radius 2 is 1.66 bits per heavy atom. The van der Waals surface area contributed by atoms with E-state index in [0.717, 1.165) is 22.6 Å². The second-order valence-corrected chi connectivity index (χ2v) is 7.94. The number of rotatable bonds is 10. The van der Waals surface area contributed by atoms with Gasteiger partial charge in [-0.1, -0.05) is 56.0 Å². The van der Waals surface area contributed by atoms with Gasteiger partial charge in [-0.3, -0.25) is 9.59 Å². The molecule has 0 spiro atoms. The summed E-state index contributed by atoms with van der Waals surface area (Å²) in [6, 6.07) is 26.2. The van der Waals surface area contributed by atoms with Crippen LogP contribution in [0.2, 0.25) is 0 Å². The first-order valence-corrected chi connectivity index (χ1v) is 11.2. The Hall–Kier alpha value is -4.19. The molecule has 6 heteroatoms. The van der Waals surface area contributed by atoms with Gasteiger partial charge in [-0.05, 0) is 48.9 Å². The number of amides is 1. The summed E-state index contributed by atoms with van der Waals surface area (Å²) in [5, 5.41) is 2.73. The number of oxazole rings is 1.